The fraction of sp³-hybridized carbons (Fsp3) is 0.146. The van der Waals surface area contributed by atoms with Crippen LogP contribution in [0.1, 0.15) is 22.4 Å². The Hall–Kier alpha value is -5.99. The van der Waals surface area contributed by atoms with E-state index in [2.05, 4.69) is 41.7 Å². The lowest BCUT2D eigenvalue weighted by atomic mass is 9.76. The average molecular weight is 649 g/mol. The molecule has 3 aromatic heterocycles. The topological polar surface area (TPSA) is 86.9 Å². The molecule has 0 unspecified atom stereocenters. The fourth-order valence-corrected chi connectivity index (χ4v) is 6.97. The number of methoxy groups -OCH3 is 2. The van der Waals surface area contributed by atoms with E-state index in [9.17, 15) is 9.59 Å². The van der Waals surface area contributed by atoms with Crippen LogP contribution in [0.15, 0.2) is 145 Å². The number of esters is 1. The summed E-state index contributed by atoms with van der Waals surface area (Å²) in [4.78, 5) is 32.3. The van der Waals surface area contributed by atoms with Gasteiger partial charge in [-0.3, -0.25) is 14.9 Å². The van der Waals surface area contributed by atoms with Gasteiger partial charge in [0.15, 0.2) is 0 Å². The summed E-state index contributed by atoms with van der Waals surface area (Å²) in [7, 11) is 4.74. The Morgan fingerprint density at radius 3 is 1.94 bits per heavy atom. The molecule has 1 atom stereocenters. The third-order valence-corrected chi connectivity index (χ3v) is 9.27. The SMILES string of the molecule is COC(=O)[C@H](Cc1ccc(-c2c(OC)c3ccccc3n(C)c2=O)c2nccn12)NC(c1ccccc1)(c1ccccc1)c1ccccc1. The molecule has 0 fully saturated rings. The van der Waals surface area contributed by atoms with Crippen LogP contribution < -0.4 is 15.6 Å². The lowest BCUT2D eigenvalue weighted by molar-refractivity contribution is -0.143. The minimum Gasteiger partial charge on any atom is -0.495 e. The second-order valence-electron chi connectivity index (χ2n) is 11.9. The zero-order valence-electron chi connectivity index (χ0n) is 27.5. The van der Waals surface area contributed by atoms with E-state index in [0.29, 0.717) is 22.5 Å². The number of hydrogen-bond acceptors (Lipinski definition) is 6. The molecule has 0 spiro atoms. The first-order chi connectivity index (χ1) is 24.0. The van der Waals surface area contributed by atoms with E-state index >= 15 is 0 Å². The number of aryl methyl sites for hydroxylation is 1. The van der Waals surface area contributed by atoms with Crippen LogP contribution in [0.3, 0.4) is 0 Å². The molecule has 49 heavy (non-hydrogen) atoms. The fourth-order valence-electron chi connectivity index (χ4n) is 6.97. The normalized spacial score (nSPS) is 12.2. The Balaban J connectivity index is 1.38. The Bertz CT molecular complexity index is 2220. The van der Waals surface area contributed by atoms with E-state index in [1.807, 2.05) is 102 Å². The monoisotopic (exact) mass is 648 g/mol. The van der Waals surface area contributed by atoms with E-state index in [1.54, 1.807) is 24.9 Å². The van der Waals surface area contributed by atoms with Crippen molar-refractivity contribution in [2.45, 2.75) is 18.0 Å². The number of pyridine rings is 2. The van der Waals surface area contributed by atoms with Crippen LogP contribution >= 0.6 is 0 Å². The molecule has 1 N–H and O–H groups in total. The van der Waals surface area contributed by atoms with Gasteiger partial charge in [-0.15, -0.1) is 0 Å². The van der Waals surface area contributed by atoms with Crippen LogP contribution in [0.2, 0.25) is 0 Å². The van der Waals surface area contributed by atoms with Gasteiger partial charge < -0.3 is 18.4 Å². The molecule has 4 aromatic carbocycles. The molecule has 7 rings (SSSR count). The highest BCUT2D eigenvalue weighted by molar-refractivity contribution is 5.95. The van der Waals surface area contributed by atoms with Gasteiger partial charge in [-0.05, 0) is 41.0 Å². The smallest absolute Gasteiger partial charge is 0.323 e. The van der Waals surface area contributed by atoms with Gasteiger partial charge in [-0.1, -0.05) is 103 Å². The number of imidazole rings is 1. The summed E-state index contributed by atoms with van der Waals surface area (Å²) in [6.07, 6.45) is 3.81. The van der Waals surface area contributed by atoms with Gasteiger partial charge in [0.1, 0.15) is 17.4 Å². The van der Waals surface area contributed by atoms with Crippen LogP contribution in [0.25, 0.3) is 27.7 Å². The van der Waals surface area contributed by atoms with Gasteiger partial charge >= 0.3 is 5.97 Å². The van der Waals surface area contributed by atoms with E-state index in [1.165, 1.54) is 7.11 Å². The van der Waals surface area contributed by atoms with Crippen LogP contribution in [0.4, 0.5) is 0 Å². The number of rotatable bonds is 10. The molecular formula is C41H36N4O4. The van der Waals surface area contributed by atoms with Crippen molar-refractivity contribution < 1.29 is 14.3 Å². The van der Waals surface area contributed by atoms with Gasteiger partial charge in [-0.25, -0.2) is 4.98 Å². The molecule has 244 valence electrons. The van der Waals surface area contributed by atoms with Crippen LogP contribution in [-0.4, -0.2) is 40.2 Å². The minimum absolute atomic E-state index is 0.194. The summed E-state index contributed by atoms with van der Waals surface area (Å²) in [6.45, 7) is 0. The molecule has 0 radical (unpaired) electrons. The van der Waals surface area contributed by atoms with Crippen LogP contribution in [0, 0.1) is 0 Å². The molecule has 0 aliphatic carbocycles. The first-order valence-corrected chi connectivity index (χ1v) is 16.1. The summed E-state index contributed by atoms with van der Waals surface area (Å²) < 4.78 is 14.9. The number of carbonyl (C=O) groups is 1. The number of carbonyl (C=O) groups excluding carboxylic acids is 1. The summed E-state index contributed by atoms with van der Waals surface area (Å²) in [5, 5.41) is 4.62. The number of benzene rings is 4. The molecule has 0 bridgehead atoms. The van der Waals surface area contributed by atoms with Crippen molar-refractivity contribution in [2.24, 2.45) is 7.05 Å². The zero-order chi connectivity index (χ0) is 34.0. The lowest BCUT2D eigenvalue weighted by Crippen LogP contribution is -2.53. The molecule has 8 nitrogen and oxygen atoms in total. The number of hydrogen-bond donors (Lipinski definition) is 1. The largest absolute Gasteiger partial charge is 0.495 e. The third kappa shape index (κ3) is 5.46. The molecule has 0 aliphatic rings. The summed E-state index contributed by atoms with van der Waals surface area (Å²) in [6, 6.07) is 41.1. The quantitative estimate of drug-likeness (QED) is 0.134. The first kappa shape index (κ1) is 31.6. The van der Waals surface area contributed by atoms with Crippen molar-refractivity contribution in [1.82, 2.24) is 19.3 Å². The van der Waals surface area contributed by atoms with Gasteiger partial charge in [0.05, 0.1) is 30.8 Å². The molecule has 0 aliphatic heterocycles. The standard InChI is InChI=1S/C41H36N4O4/c1-44-35-22-14-13-21-32(35)37(48-2)36(39(44)46)33-24-23-31(45-26-25-42-38(33)45)27-34(40(47)49-3)43-41(28-15-7-4-8-16-28,29-17-9-5-10-18-29)30-19-11-6-12-20-30/h4-26,34,43H,27H2,1-3H3/t34-/m0/s1. The number of nitrogens with one attached hydrogen (secondary N) is 1. The molecule has 3 heterocycles. The van der Waals surface area contributed by atoms with Gasteiger partial charge in [-0.2, -0.15) is 0 Å². The second kappa shape index (κ2) is 13.3. The Labute approximate surface area is 284 Å². The van der Waals surface area contributed by atoms with Crippen molar-refractivity contribution in [3.63, 3.8) is 0 Å². The third-order valence-electron chi connectivity index (χ3n) is 9.27. The Kier molecular flexibility index (Phi) is 8.55. The minimum atomic E-state index is -0.901. The van der Waals surface area contributed by atoms with E-state index in [-0.39, 0.29) is 12.0 Å². The zero-order valence-corrected chi connectivity index (χ0v) is 27.5. The molecule has 0 saturated heterocycles. The predicted molar refractivity (Wildman–Crippen MR) is 192 cm³/mol. The highest BCUT2D eigenvalue weighted by atomic mass is 16.5. The van der Waals surface area contributed by atoms with Crippen molar-refractivity contribution in [1.29, 1.82) is 0 Å². The number of fused-ring (bicyclic) bond motifs is 2. The van der Waals surface area contributed by atoms with Crippen molar-refractivity contribution in [2.75, 3.05) is 14.2 Å². The molecule has 7 aromatic rings. The van der Waals surface area contributed by atoms with Crippen molar-refractivity contribution in [3.8, 4) is 16.9 Å². The highest BCUT2D eigenvalue weighted by Gasteiger charge is 2.40. The molecule has 0 saturated carbocycles. The average Bonchev–Trinajstić information content (AvgIpc) is 3.67. The van der Waals surface area contributed by atoms with Crippen molar-refractivity contribution in [3.05, 3.63) is 173 Å². The van der Waals surface area contributed by atoms with Crippen LogP contribution in [-0.2, 0) is 28.5 Å². The highest BCUT2D eigenvalue weighted by Crippen LogP contribution is 2.39. The maximum atomic E-state index is 13.9. The Morgan fingerprint density at radius 2 is 1.37 bits per heavy atom. The number of ether oxygens (including phenoxy) is 2. The van der Waals surface area contributed by atoms with Crippen molar-refractivity contribution >= 4 is 22.5 Å². The molecule has 8 heteroatoms. The van der Waals surface area contributed by atoms with E-state index < -0.39 is 17.6 Å². The van der Waals surface area contributed by atoms with Gasteiger partial charge in [0, 0.05) is 42.5 Å². The predicted octanol–water partition coefficient (Wildman–Crippen LogP) is 6.53. The van der Waals surface area contributed by atoms with Gasteiger partial charge in [0.25, 0.3) is 5.56 Å². The number of para-hydroxylation sites is 1. The maximum Gasteiger partial charge on any atom is 0.323 e. The first-order valence-electron chi connectivity index (χ1n) is 16.1. The van der Waals surface area contributed by atoms with Crippen LogP contribution in [0.5, 0.6) is 5.75 Å². The Morgan fingerprint density at radius 1 is 0.796 bits per heavy atom. The van der Waals surface area contributed by atoms with E-state index in [0.717, 1.165) is 33.3 Å². The number of nitrogens with zero attached hydrogens (tertiary/aromatic N) is 3. The second-order valence-corrected chi connectivity index (χ2v) is 11.9. The summed E-state index contributed by atoms with van der Waals surface area (Å²) in [5.41, 5.74) is 5.04. The van der Waals surface area contributed by atoms with E-state index in [4.69, 9.17) is 14.5 Å². The summed E-state index contributed by atoms with van der Waals surface area (Å²) in [5.74, 6) is 0.0819. The lowest BCUT2D eigenvalue weighted by Gasteiger charge is -2.39. The van der Waals surface area contributed by atoms with Gasteiger partial charge in [0.2, 0.25) is 0 Å². The molecular weight excluding hydrogens is 612 g/mol. The molecule has 0 amide bonds. The maximum absolute atomic E-state index is 13.9. The number of aromatic nitrogens is 3. The summed E-state index contributed by atoms with van der Waals surface area (Å²) >= 11 is 0.